The maximum absolute atomic E-state index is 14.3. The molecular formula is C37H58N2O10. The number of aliphatic carboxylic acids is 1. The second-order valence-electron chi connectivity index (χ2n) is 14.9. The summed E-state index contributed by atoms with van der Waals surface area (Å²) in [5.74, 6) is -4.24. The van der Waals surface area contributed by atoms with Crippen molar-refractivity contribution in [3.05, 3.63) is 35.9 Å². The topological polar surface area (TPSA) is 141 Å². The second-order valence-corrected chi connectivity index (χ2v) is 14.9. The van der Waals surface area contributed by atoms with Crippen molar-refractivity contribution in [2.45, 2.75) is 110 Å². The minimum Gasteiger partial charge on any atom is -0.481 e. The third-order valence-corrected chi connectivity index (χ3v) is 10.3. The van der Waals surface area contributed by atoms with Gasteiger partial charge in [0, 0.05) is 32.0 Å². The van der Waals surface area contributed by atoms with Gasteiger partial charge in [-0.3, -0.25) is 19.3 Å². The van der Waals surface area contributed by atoms with Gasteiger partial charge in [0.05, 0.1) is 36.6 Å². The summed E-state index contributed by atoms with van der Waals surface area (Å²) >= 11 is 0. The lowest BCUT2D eigenvalue weighted by Crippen LogP contribution is -2.59. The van der Waals surface area contributed by atoms with Crippen LogP contribution in [-0.4, -0.2) is 123 Å². The SMILES string of the molecule is CO[C@]1(C)C[C@@H](C)CN(C)[C@H]([C@@H](CC=O)OCc2ccccc2)COC(=O)C(C)(C)C(=O)[C@H](C)[C@H]1O[C@@H]1O[C@H](C)C[C@H](N(C)C)[C@H]1C(=O)O. The molecule has 3 rings (SSSR count). The average Bonchev–Trinajstić information content (AvgIpc) is 3.04. The molecule has 2 heterocycles. The number of carbonyl (C=O) groups excluding carboxylic acids is 3. The van der Waals surface area contributed by atoms with Crippen LogP contribution in [0.1, 0.15) is 66.4 Å². The number of esters is 1. The van der Waals surface area contributed by atoms with E-state index in [2.05, 4.69) is 0 Å². The van der Waals surface area contributed by atoms with E-state index >= 15 is 0 Å². The van der Waals surface area contributed by atoms with Gasteiger partial charge in [0.15, 0.2) is 12.1 Å². The molecule has 0 radical (unpaired) electrons. The van der Waals surface area contributed by atoms with Gasteiger partial charge < -0.3 is 38.5 Å². The zero-order chi connectivity index (χ0) is 36.7. The van der Waals surface area contributed by atoms with Gasteiger partial charge in [-0.1, -0.05) is 44.2 Å². The Morgan fingerprint density at radius 1 is 1.14 bits per heavy atom. The lowest BCUT2D eigenvalue weighted by Gasteiger charge is -2.47. The highest BCUT2D eigenvalue weighted by Gasteiger charge is 2.53. The third kappa shape index (κ3) is 9.95. The third-order valence-electron chi connectivity index (χ3n) is 10.3. The molecule has 2 aliphatic heterocycles. The first-order valence-electron chi connectivity index (χ1n) is 17.2. The van der Waals surface area contributed by atoms with E-state index in [-0.39, 0.29) is 37.7 Å². The standard InChI is InChI=1S/C37H58N2O10/c1-23-19-37(6,45-10)32(49-34-30(33(42)43)27(38(7)8)18-24(2)48-34)25(3)31(41)36(4,5)35(44)47-22-28(39(9)20-23)29(16-17-40)46-21-26-14-12-11-13-15-26/h11-15,17,23-25,27-30,32,34H,16,18-22H2,1-10H3,(H,42,43)/t23-,24-,25+,27+,28+,29-,30+,32-,34+,37-/m1/s1. The molecule has 1 aromatic carbocycles. The molecule has 12 nitrogen and oxygen atoms in total. The first kappa shape index (κ1) is 40.7. The number of ketones is 1. The number of benzene rings is 1. The van der Waals surface area contributed by atoms with E-state index in [1.807, 2.05) is 82.0 Å². The van der Waals surface area contributed by atoms with Crippen LogP contribution >= 0.6 is 0 Å². The fourth-order valence-corrected chi connectivity index (χ4v) is 7.48. The summed E-state index contributed by atoms with van der Waals surface area (Å²) in [5, 5.41) is 10.3. The number of aldehydes is 1. The van der Waals surface area contributed by atoms with Crippen molar-refractivity contribution in [3.63, 3.8) is 0 Å². The highest BCUT2D eigenvalue weighted by Crippen LogP contribution is 2.39. The van der Waals surface area contributed by atoms with Crippen LogP contribution < -0.4 is 0 Å². The Balaban J connectivity index is 2.03. The maximum Gasteiger partial charge on any atom is 0.319 e. The first-order valence-corrected chi connectivity index (χ1v) is 17.2. The van der Waals surface area contributed by atoms with Gasteiger partial charge in [-0.2, -0.15) is 0 Å². The van der Waals surface area contributed by atoms with Gasteiger partial charge in [-0.05, 0) is 73.2 Å². The number of hydrogen-bond acceptors (Lipinski definition) is 11. The number of rotatable bonds is 11. The minimum atomic E-state index is -1.59. The zero-order valence-corrected chi connectivity index (χ0v) is 30.9. The summed E-state index contributed by atoms with van der Waals surface area (Å²) in [6, 6.07) is 8.74. The van der Waals surface area contributed by atoms with Crippen molar-refractivity contribution in [2.75, 3.05) is 41.4 Å². The molecule has 0 aromatic heterocycles. The number of carboxylic acid groups (broad SMARTS) is 1. The van der Waals surface area contributed by atoms with Crippen molar-refractivity contribution in [1.29, 1.82) is 0 Å². The second kappa shape index (κ2) is 17.5. The van der Waals surface area contributed by atoms with Crippen molar-refractivity contribution in [3.8, 4) is 0 Å². The van der Waals surface area contributed by atoms with E-state index in [0.29, 0.717) is 19.4 Å². The monoisotopic (exact) mass is 690 g/mol. The number of ether oxygens (including phenoxy) is 5. The molecule has 2 aliphatic rings. The lowest BCUT2D eigenvalue weighted by molar-refractivity contribution is -0.282. The van der Waals surface area contributed by atoms with Crippen molar-refractivity contribution >= 4 is 24.0 Å². The predicted octanol–water partition coefficient (Wildman–Crippen LogP) is 3.83. The van der Waals surface area contributed by atoms with Crippen LogP contribution in [0.5, 0.6) is 0 Å². The van der Waals surface area contributed by atoms with Crippen molar-refractivity contribution < 1.29 is 48.0 Å². The Kier molecular flexibility index (Phi) is 14.5. The van der Waals surface area contributed by atoms with Crippen LogP contribution in [0.15, 0.2) is 30.3 Å². The maximum atomic E-state index is 14.3. The van der Waals surface area contributed by atoms with Gasteiger partial charge in [0.1, 0.15) is 24.2 Å². The van der Waals surface area contributed by atoms with E-state index in [4.69, 9.17) is 23.7 Å². The molecule has 0 amide bonds. The van der Waals surface area contributed by atoms with Crippen LogP contribution in [0, 0.1) is 23.2 Å². The Morgan fingerprint density at radius 2 is 1.80 bits per heavy atom. The van der Waals surface area contributed by atoms with Crippen LogP contribution in [0.4, 0.5) is 0 Å². The number of nitrogens with zero attached hydrogens (tertiary/aromatic N) is 2. The molecule has 2 fully saturated rings. The molecule has 276 valence electrons. The largest absolute Gasteiger partial charge is 0.481 e. The molecule has 0 spiro atoms. The molecule has 12 heteroatoms. The van der Waals surface area contributed by atoms with Gasteiger partial charge in [-0.15, -0.1) is 0 Å². The number of hydrogen-bond donors (Lipinski definition) is 1. The minimum absolute atomic E-state index is 0.0580. The van der Waals surface area contributed by atoms with E-state index in [1.54, 1.807) is 14.0 Å². The van der Waals surface area contributed by atoms with Crippen molar-refractivity contribution in [1.82, 2.24) is 9.80 Å². The lowest BCUT2D eigenvalue weighted by atomic mass is 9.74. The quantitative estimate of drug-likeness (QED) is 0.205. The average molecular weight is 691 g/mol. The normalized spacial score (nSPS) is 34.3. The Hall–Kier alpha value is -2.74. The fourth-order valence-electron chi connectivity index (χ4n) is 7.48. The number of Topliss-reactive ketones (excluding diaryl/α,β-unsaturated/α-hetero) is 1. The molecule has 0 aliphatic carbocycles. The molecule has 0 unspecified atom stereocenters. The van der Waals surface area contributed by atoms with E-state index in [9.17, 15) is 24.3 Å². The fraction of sp³-hybridized carbons (Fsp3) is 0.730. The Labute approximate surface area is 291 Å². The molecule has 0 saturated carbocycles. The molecule has 1 N–H and O–H groups in total. The summed E-state index contributed by atoms with van der Waals surface area (Å²) < 4.78 is 31.1. The number of likely N-dealkylation sites (N-methyl/N-ethyl adjacent to an activating group) is 1. The first-order chi connectivity index (χ1) is 23.0. The molecule has 0 bridgehead atoms. The van der Waals surface area contributed by atoms with Crippen LogP contribution in [0.3, 0.4) is 0 Å². The van der Waals surface area contributed by atoms with Crippen LogP contribution in [0.25, 0.3) is 0 Å². The molecule has 2 saturated heterocycles. The predicted molar refractivity (Wildman–Crippen MR) is 183 cm³/mol. The molecule has 1 aromatic rings. The number of cyclic esters (lactones) is 1. The van der Waals surface area contributed by atoms with E-state index < -0.39 is 65.1 Å². The van der Waals surface area contributed by atoms with Gasteiger partial charge in [0.25, 0.3) is 0 Å². The molecule has 49 heavy (non-hydrogen) atoms. The van der Waals surface area contributed by atoms with Crippen LogP contribution in [-0.2, 0) is 49.5 Å². The zero-order valence-electron chi connectivity index (χ0n) is 30.9. The molecular weight excluding hydrogens is 632 g/mol. The van der Waals surface area contributed by atoms with Crippen molar-refractivity contribution in [2.24, 2.45) is 23.2 Å². The number of methoxy groups -OCH3 is 1. The summed E-state index contributed by atoms with van der Waals surface area (Å²) in [6.45, 7) is 11.2. The number of carbonyl (C=O) groups is 4. The van der Waals surface area contributed by atoms with E-state index in [0.717, 1.165) is 11.8 Å². The Bertz CT molecular complexity index is 1260. The summed E-state index contributed by atoms with van der Waals surface area (Å²) in [7, 11) is 7.09. The smallest absolute Gasteiger partial charge is 0.319 e. The molecule has 10 atom stereocenters. The van der Waals surface area contributed by atoms with Gasteiger partial charge in [-0.25, -0.2) is 0 Å². The van der Waals surface area contributed by atoms with Gasteiger partial charge >= 0.3 is 11.9 Å². The summed E-state index contributed by atoms with van der Waals surface area (Å²) in [6.07, 6.45) is -1.28. The van der Waals surface area contributed by atoms with E-state index in [1.165, 1.54) is 13.8 Å². The number of carboxylic acids is 1. The highest BCUT2D eigenvalue weighted by molar-refractivity contribution is 6.04. The summed E-state index contributed by atoms with van der Waals surface area (Å²) in [4.78, 5) is 56.5. The van der Waals surface area contributed by atoms with Crippen LogP contribution in [0.2, 0.25) is 0 Å². The van der Waals surface area contributed by atoms with Gasteiger partial charge in [0.2, 0.25) is 0 Å². The summed E-state index contributed by atoms with van der Waals surface area (Å²) in [5.41, 5.74) is -1.76. The Morgan fingerprint density at radius 3 is 2.37 bits per heavy atom. The highest BCUT2D eigenvalue weighted by atomic mass is 16.7.